The number of carbonyl (C=O) groups excluding carboxylic acids is 1. The van der Waals surface area contributed by atoms with Crippen molar-refractivity contribution in [2.45, 2.75) is 26.9 Å². The molecule has 3 rings (SSSR count). The van der Waals surface area contributed by atoms with Gasteiger partial charge in [0, 0.05) is 24.3 Å². The highest BCUT2D eigenvalue weighted by molar-refractivity contribution is 5.75. The lowest BCUT2D eigenvalue weighted by atomic mass is 10.2. The smallest absolute Gasteiger partial charge is 0.320 e. The third kappa shape index (κ3) is 2.28. The van der Waals surface area contributed by atoms with Gasteiger partial charge in [0.15, 0.2) is 0 Å². The molecule has 1 saturated heterocycles. The predicted octanol–water partition coefficient (Wildman–Crippen LogP) is 0.861. The summed E-state index contributed by atoms with van der Waals surface area (Å²) in [5.41, 5.74) is 3.08. The summed E-state index contributed by atoms with van der Waals surface area (Å²) in [6, 6.07) is 0.0818. The van der Waals surface area contributed by atoms with Crippen molar-refractivity contribution in [3.05, 3.63) is 22.8 Å². The minimum atomic E-state index is 0.0818. The van der Waals surface area contributed by atoms with Gasteiger partial charge in [-0.05, 0) is 13.8 Å². The Bertz CT molecular complexity index is 512. The maximum atomic E-state index is 12.4. The number of morpholine rings is 1. The van der Waals surface area contributed by atoms with E-state index >= 15 is 0 Å². The lowest BCUT2D eigenvalue weighted by molar-refractivity contribution is 0.0429. The minimum Gasteiger partial charge on any atom is -0.378 e. The van der Waals surface area contributed by atoms with E-state index in [1.54, 1.807) is 0 Å². The highest BCUT2D eigenvalue weighted by Gasteiger charge is 2.30. The molecule has 0 radical (unpaired) electrons. The highest BCUT2D eigenvalue weighted by atomic mass is 16.5. The van der Waals surface area contributed by atoms with E-state index in [0.29, 0.717) is 39.4 Å². The molecule has 102 valence electrons. The molecule has 0 spiro atoms. The Balaban J connectivity index is 1.76. The molecule has 0 bridgehead atoms. The Morgan fingerprint density at radius 3 is 2.58 bits per heavy atom. The molecular formula is C13H18N4O2. The molecule has 1 fully saturated rings. The zero-order valence-electron chi connectivity index (χ0n) is 11.3. The Morgan fingerprint density at radius 1 is 1.11 bits per heavy atom. The molecule has 1 aromatic heterocycles. The van der Waals surface area contributed by atoms with Crippen molar-refractivity contribution < 1.29 is 9.53 Å². The van der Waals surface area contributed by atoms with Crippen molar-refractivity contribution in [3.8, 4) is 0 Å². The second-order valence-electron chi connectivity index (χ2n) is 5.02. The van der Waals surface area contributed by atoms with Crippen LogP contribution in [0.2, 0.25) is 0 Å². The summed E-state index contributed by atoms with van der Waals surface area (Å²) in [5.74, 6) is 0.775. The number of aromatic nitrogens is 2. The maximum Gasteiger partial charge on any atom is 0.320 e. The van der Waals surface area contributed by atoms with E-state index in [1.807, 2.05) is 23.6 Å². The predicted molar refractivity (Wildman–Crippen MR) is 68.5 cm³/mol. The van der Waals surface area contributed by atoms with E-state index in [-0.39, 0.29) is 6.03 Å². The molecule has 0 N–H and O–H groups in total. The average Bonchev–Trinajstić information content (AvgIpc) is 2.83. The van der Waals surface area contributed by atoms with Crippen LogP contribution in [0.25, 0.3) is 0 Å². The first-order chi connectivity index (χ1) is 9.15. The SMILES string of the molecule is Cc1nc(C)c2c(n1)CN(C(=O)N1CCOCC1)C2. The number of hydrogen-bond acceptors (Lipinski definition) is 4. The molecular weight excluding hydrogens is 244 g/mol. The van der Waals surface area contributed by atoms with E-state index in [2.05, 4.69) is 9.97 Å². The monoisotopic (exact) mass is 262 g/mol. The summed E-state index contributed by atoms with van der Waals surface area (Å²) < 4.78 is 5.27. The molecule has 6 nitrogen and oxygen atoms in total. The fourth-order valence-corrected chi connectivity index (χ4v) is 2.66. The highest BCUT2D eigenvalue weighted by Crippen LogP contribution is 2.24. The molecule has 0 aromatic carbocycles. The van der Waals surface area contributed by atoms with Crippen molar-refractivity contribution in [2.75, 3.05) is 26.3 Å². The first-order valence-electron chi connectivity index (χ1n) is 6.60. The van der Waals surface area contributed by atoms with Gasteiger partial charge in [-0.1, -0.05) is 0 Å². The van der Waals surface area contributed by atoms with Gasteiger partial charge in [-0.3, -0.25) is 0 Å². The second kappa shape index (κ2) is 4.77. The molecule has 2 aliphatic rings. The molecule has 0 atom stereocenters. The summed E-state index contributed by atoms with van der Waals surface area (Å²) in [4.78, 5) is 24.9. The molecule has 0 saturated carbocycles. The third-order valence-electron chi connectivity index (χ3n) is 3.65. The molecule has 2 aliphatic heterocycles. The van der Waals surface area contributed by atoms with Crippen LogP contribution in [0, 0.1) is 13.8 Å². The molecule has 2 amide bonds. The number of rotatable bonds is 0. The van der Waals surface area contributed by atoms with Gasteiger partial charge in [0.1, 0.15) is 5.82 Å². The second-order valence-corrected chi connectivity index (χ2v) is 5.02. The van der Waals surface area contributed by atoms with E-state index in [1.165, 1.54) is 0 Å². The number of fused-ring (bicyclic) bond motifs is 1. The number of urea groups is 1. The van der Waals surface area contributed by atoms with Crippen molar-refractivity contribution in [2.24, 2.45) is 0 Å². The fourth-order valence-electron chi connectivity index (χ4n) is 2.66. The van der Waals surface area contributed by atoms with E-state index in [9.17, 15) is 4.79 Å². The van der Waals surface area contributed by atoms with Crippen molar-refractivity contribution in [3.63, 3.8) is 0 Å². The van der Waals surface area contributed by atoms with Crippen LogP contribution in [-0.4, -0.2) is 52.1 Å². The number of aryl methyl sites for hydroxylation is 2. The first kappa shape index (κ1) is 12.3. The van der Waals surface area contributed by atoms with Gasteiger partial charge in [0.05, 0.1) is 32.0 Å². The van der Waals surface area contributed by atoms with Crippen LogP contribution in [-0.2, 0) is 17.8 Å². The number of hydrogen-bond donors (Lipinski definition) is 0. The summed E-state index contributed by atoms with van der Waals surface area (Å²) in [6.07, 6.45) is 0. The zero-order chi connectivity index (χ0) is 13.4. The van der Waals surface area contributed by atoms with E-state index in [4.69, 9.17) is 4.74 Å². The van der Waals surface area contributed by atoms with Crippen LogP contribution in [0.5, 0.6) is 0 Å². The van der Waals surface area contributed by atoms with Crippen molar-refractivity contribution >= 4 is 6.03 Å². The summed E-state index contributed by atoms with van der Waals surface area (Å²) in [5, 5.41) is 0. The van der Waals surface area contributed by atoms with Crippen LogP contribution >= 0.6 is 0 Å². The molecule has 19 heavy (non-hydrogen) atoms. The summed E-state index contributed by atoms with van der Waals surface area (Å²) >= 11 is 0. The first-order valence-corrected chi connectivity index (χ1v) is 6.60. The Kier molecular flexibility index (Phi) is 3.10. The standard InChI is InChI=1S/C13H18N4O2/c1-9-11-7-17(8-12(11)15-10(2)14-9)13(18)16-3-5-19-6-4-16/h3-8H2,1-2H3. The van der Waals surface area contributed by atoms with Crippen LogP contribution in [0.15, 0.2) is 0 Å². The van der Waals surface area contributed by atoms with Crippen LogP contribution in [0.3, 0.4) is 0 Å². The quantitative estimate of drug-likeness (QED) is 0.696. The molecule has 0 unspecified atom stereocenters. The molecule has 0 aliphatic carbocycles. The lowest BCUT2D eigenvalue weighted by Crippen LogP contribution is -2.46. The van der Waals surface area contributed by atoms with Gasteiger partial charge in [-0.2, -0.15) is 0 Å². The van der Waals surface area contributed by atoms with Gasteiger partial charge in [-0.25, -0.2) is 14.8 Å². The summed E-state index contributed by atoms with van der Waals surface area (Å²) in [6.45, 7) is 7.70. The number of amides is 2. The van der Waals surface area contributed by atoms with E-state index < -0.39 is 0 Å². The van der Waals surface area contributed by atoms with Gasteiger partial charge in [-0.15, -0.1) is 0 Å². The Morgan fingerprint density at radius 2 is 1.84 bits per heavy atom. The minimum absolute atomic E-state index is 0.0818. The number of nitrogens with zero attached hydrogens (tertiary/aromatic N) is 4. The van der Waals surface area contributed by atoms with Gasteiger partial charge in [0.25, 0.3) is 0 Å². The third-order valence-corrected chi connectivity index (χ3v) is 3.65. The zero-order valence-corrected chi connectivity index (χ0v) is 11.3. The van der Waals surface area contributed by atoms with Crippen LogP contribution < -0.4 is 0 Å². The fraction of sp³-hybridized carbons (Fsp3) is 0.615. The number of carbonyl (C=O) groups is 1. The van der Waals surface area contributed by atoms with Gasteiger partial charge >= 0.3 is 6.03 Å². The van der Waals surface area contributed by atoms with Crippen molar-refractivity contribution in [1.82, 2.24) is 19.8 Å². The van der Waals surface area contributed by atoms with Gasteiger partial charge in [0.2, 0.25) is 0 Å². The molecule has 3 heterocycles. The van der Waals surface area contributed by atoms with E-state index in [0.717, 1.165) is 22.8 Å². The number of ether oxygens (including phenoxy) is 1. The normalized spacial score (nSPS) is 18.6. The van der Waals surface area contributed by atoms with Crippen LogP contribution in [0.1, 0.15) is 22.8 Å². The summed E-state index contributed by atoms with van der Waals surface area (Å²) in [7, 11) is 0. The Labute approximate surface area is 112 Å². The van der Waals surface area contributed by atoms with Gasteiger partial charge < -0.3 is 14.5 Å². The maximum absolute atomic E-state index is 12.4. The molecule has 1 aromatic rings. The largest absolute Gasteiger partial charge is 0.378 e. The lowest BCUT2D eigenvalue weighted by Gasteiger charge is -2.30. The van der Waals surface area contributed by atoms with Crippen molar-refractivity contribution in [1.29, 1.82) is 0 Å². The Hall–Kier alpha value is -1.69. The molecule has 6 heteroatoms. The van der Waals surface area contributed by atoms with Crippen LogP contribution in [0.4, 0.5) is 4.79 Å². The topological polar surface area (TPSA) is 58.6 Å². The average molecular weight is 262 g/mol.